The molecule has 9 nitrogen and oxygen atoms in total. The molecule has 2 fully saturated rings. The molecule has 6 rings (SSSR count). The van der Waals surface area contributed by atoms with Gasteiger partial charge < -0.3 is 19.7 Å². The van der Waals surface area contributed by atoms with Crippen molar-refractivity contribution in [2.75, 3.05) is 20.2 Å². The fourth-order valence-electron chi connectivity index (χ4n) is 8.82. The molecule has 0 amide bonds. The van der Waals surface area contributed by atoms with Crippen LogP contribution in [0.5, 0.6) is 17.2 Å². The minimum absolute atomic E-state index is 0.0604. The predicted octanol–water partition coefficient (Wildman–Crippen LogP) is 10.7. The summed E-state index contributed by atoms with van der Waals surface area (Å²) in [5.74, 6) is 0.831. The van der Waals surface area contributed by atoms with Crippen molar-refractivity contribution in [3.63, 3.8) is 0 Å². The van der Waals surface area contributed by atoms with Crippen molar-refractivity contribution >= 4 is 29.3 Å². The van der Waals surface area contributed by atoms with Crippen LogP contribution in [0.3, 0.4) is 0 Å². The van der Waals surface area contributed by atoms with Gasteiger partial charge in [0, 0.05) is 57.9 Å². The van der Waals surface area contributed by atoms with Crippen LogP contribution in [0.15, 0.2) is 77.4 Å². The summed E-state index contributed by atoms with van der Waals surface area (Å²) in [6.45, 7) is 30.3. The number of rotatable bonds is 11. The van der Waals surface area contributed by atoms with Crippen molar-refractivity contribution in [3.8, 4) is 17.2 Å². The largest absolute Gasteiger partial charge is 0.507 e. The highest BCUT2D eigenvalue weighted by atomic mass is 16.5. The number of fused-ring (bicyclic) bond motifs is 3. The van der Waals surface area contributed by atoms with E-state index in [1.807, 2.05) is 42.5 Å². The van der Waals surface area contributed by atoms with E-state index < -0.39 is 18.1 Å². The third-order valence-corrected chi connectivity index (χ3v) is 12.5. The van der Waals surface area contributed by atoms with Crippen LogP contribution < -0.4 is 4.74 Å². The number of nitrogens with zero attached hydrogens (tertiary/aromatic N) is 4. The summed E-state index contributed by atoms with van der Waals surface area (Å²) in [5.41, 5.74) is 5.35. The van der Waals surface area contributed by atoms with E-state index in [-0.39, 0.29) is 51.8 Å². The van der Waals surface area contributed by atoms with E-state index in [1.165, 1.54) is 0 Å². The Hall–Kier alpha value is -5.02. The number of aliphatic imine (C=N–C) groups is 2. The van der Waals surface area contributed by atoms with Gasteiger partial charge in [0.05, 0.1) is 25.2 Å². The zero-order valence-corrected chi connectivity index (χ0v) is 38.8. The van der Waals surface area contributed by atoms with E-state index in [1.54, 1.807) is 25.7 Å². The number of hydrogen-bond acceptors (Lipinski definition) is 9. The van der Waals surface area contributed by atoms with Gasteiger partial charge in [0.1, 0.15) is 23.4 Å². The van der Waals surface area contributed by atoms with Crippen molar-refractivity contribution < 1.29 is 24.5 Å². The van der Waals surface area contributed by atoms with Gasteiger partial charge in [-0.2, -0.15) is 0 Å². The van der Waals surface area contributed by atoms with E-state index in [2.05, 4.69) is 112 Å². The lowest BCUT2D eigenvalue weighted by atomic mass is 9.79. The van der Waals surface area contributed by atoms with Gasteiger partial charge in [-0.1, -0.05) is 101 Å². The third-order valence-electron chi connectivity index (χ3n) is 12.5. The molecule has 9 heteroatoms. The number of aromatic hydroxyl groups is 2. The van der Waals surface area contributed by atoms with Crippen LogP contribution in [0.2, 0.25) is 0 Å². The first-order valence-electron chi connectivity index (χ1n) is 21.7. The third kappa shape index (κ3) is 9.72. The number of carbonyl (C=O) groups excluding carboxylic acids is 1. The summed E-state index contributed by atoms with van der Waals surface area (Å²) >= 11 is 0. The average molecular weight is 829 g/mol. The summed E-state index contributed by atoms with van der Waals surface area (Å²) in [6.07, 6.45) is 8.26. The lowest BCUT2D eigenvalue weighted by molar-refractivity contribution is -0.154. The maximum absolute atomic E-state index is 14.9. The Morgan fingerprint density at radius 1 is 0.852 bits per heavy atom. The van der Waals surface area contributed by atoms with Crippen molar-refractivity contribution in [1.82, 2.24) is 9.88 Å². The number of aromatic nitrogens is 1. The molecule has 0 aliphatic carbocycles. The Morgan fingerprint density at radius 2 is 1.44 bits per heavy atom. The Labute approximate surface area is 364 Å². The standard InChI is InChI=1S/C52H68N4O5/c1-15-43-31-19-21-56(43)44(24-31)47(37-18-20-54-41-17-16-36(60-14)27-38(37)41)61-48(59)42(55-29-33-23-35(50(5,6)7)26-40(46(33)58)52(11,12)13)30-53-28-32-22-34(49(2,3)4)25-39(45(32)57)51(8,9)10/h15-18,20,22-23,25-29,31,42-44,47,57-58H,1,19,21,24,30H2,2-14H3/t31?,42-,43?,44?,47+/m0/s1. The number of phenolic OH excluding ortho intramolecular Hbond substituents is 2. The number of ether oxygens (including phenoxy) is 2. The SMILES string of the molecule is C=CC1C2CCN1C([C@H](OC(=O)[C@H](CN=Cc1cc(C(C)(C)C)cc(C(C)(C)C)c1O)N=Cc1cc(C(C)(C)C)cc(C(C)(C)C)c1O)c1ccnc3ccc(OC)cc13)C2. The molecule has 1 aromatic heterocycles. The number of carbonyl (C=O) groups is 1. The first-order chi connectivity index (χ1) is 28.4. The molecule has 6 atom stereocenters. The van der Waals surface area contributed by atoms with Gasteiger partial charge in [-0.15, -0.1) is 6.58 Å². The van der Waals surface area contributed by atoms with Crippen molar-refractivity contribution in [3.05, 3.63) is 106 Å². The number of piperidine rings is 1. The molecule has 3 aromatic carbocycles. The van der Waals surface area contributed by atoms with Gasteiger partial charge in [-0.3, -0.25) is 19.9 Å². The normalized spacial score (nSPS) is 20.7. The molecule has 0 spiro atoms. The quantitative estimate of drug-likeness (QED) is 0.0878. The van der Waals surface area contributed by atoms with Gasteiger partial charge in [0.2, 0.25) is 0 Å². The summed E-state index contributed by atoms with van der Waals surface area (Å²) in [7, 11) is 1.64. The molecule has 2 aliphatic rings. The second-order valence-electron chi connectivity index (χ2n) is 21.2. The van der Waals surface area contributed by atoms with Crippen molar-refractivity contribution in [2.24, 2.45) is 15.9 Å². The molecule has 0 radical (unpaired) electrons. The fraction of sp³-hybridized carbons (Fsp3) is 0.500. The topological polar surface area (TPSA) is 117 Å². The van der Waals surface area contributed by atoms with E-state index in [0.29, 0.717) is 22.8 Å². The monoisotopic (exact) mass is 829 g/mol. The maximum atomic E-state index is 14.9. The predicted molar refractivity (Wildman–Crippen MR) is 249 cm³/mol. The smallest absolute Gasteiger partial charge is 0.333 e. The summed E-state index contributed by atoms with van der Waals surface area (Å²) in [4.78, 5) is 31.7. The van der Waals surface area contributed by atoms with Gasteiger partial charge in [0.25, 0.3) is 0 Å². The summed E-state index contributed by atoms with van der Waals surface area (Å²) < 4.78 is 12.4. The van der Waals surface area contributed by atoms with Crippen LogP contribution in [-0.4, -0.2) is 76.8 Å². The average Bonchev–Trinajstić information content (AvgIpc) is 3.74. The molecule has 0 saturated carbocycles. The van der Waals surface area contributed by atoms with Crippen LogP contribution >= 0.6 is 0 Å². The molecule has 4 aromatic rings. The van der Waals surface area contributed by atoms with Gasteiger partial charge in [-0.25, -0.2) is 4.79 Å². The number of hydrogen-bond donors (Lipinski definition) is 2. The molecule has 3 heterocycles. The number of methoxy groups -OCH3 is 1. The number of pyridine rings is 1. The van der Waals surface area contributed by atoms with Crippen molar-refractivity contribution in [1.29, 1.82) is 0 Å². The second-order valence-corrected chi connectivity index (χ2v) is 21.2. The molecular weight excluding hydrogens is 761 g/mol. The molecule has 2 aliphatic heterocycles. The van der Waals surface area contributed by atoms with Crippen LogP contribution in [0, 0.1) is 5.92 Å². The summed E-state index contributed by atoms with van der Waals surface area (Å²) in [5, 5.41) is 24.1. The van der Waals surface area contributed by atoms with Gasteiger partial charge >= 0.3 is 5.97 Å². The van der Waals surface area contributed by atoms with Crippen LogP contribution in [0.25, 0.3) is 10.9 Å². The molecule has 2 bridgehead atoms. The molecular formula is C52H68N4O5. The first kappa shape index (κ1) is 45.5. The molecule has 326 valence electrons. The van der Waals surface area contributed by atoms with E-state index in [9.17, 15) is 15.0 Å². The van der Waals surface area contributed by atoms with Crippen molar-refractivity contribution in [2.45, 2.75) is 142 Å². The van der Waals surface area contributed by atoms with Gasteiger partial charge in [-0.05, 0) is 94.5 Å². The molecule has 2 saturated heterocycles. The van der Waals surface area contributed by atoms with Crippen LogP contribution in [0.4, 0.5) is 0 Å². The molecule has 4 unspecified atom stereocenters. The number of phenols is 2. The Balaban J connectivity index is 1.46. The number of esters is 1. The Morgan fingerprint density at radius 3 is 1.97 bits per heavy atom. The maximum Gasteiger partial charge on any atom is 0.333 e. The van der Waals surface area contributed by atoms with Gasteiger partial charge in [0.15, 0.2) is 6.04 Å². The number of benzene rings is 3. The highest BCUT2D eigenvalue weighted by molar-refractivity contribution is 5.89. The van der Waals surface area contributed by atoms with E-state index >= 15 is 0 Å². The zero-order chi connectivity index (χ0) is 44.8. The lowest BCUT2D eigenvalue weighted by Gasteiger charge is -2.34. The minimum atomic E-state index is -1.09. The molecule has 2 N–H and O–H groups in total. The highest BCUT2D eigenvalue weighted by Crippen LogP contribution is 2.47. The zero-order valence-electron chi connectivity index (χ0n) is 38.8. The lowest BCUT2D eigenvalue weighted by Crippen LogP contribution is -2.40. The minimum Gasteiger partial charge on any atom is -0.507 e. The van der Waals surface area contributed by atoms with E-state index in [4.69, 9.17) is 19.5 Å². The second kappa shape index (κ2) is 17.0. The highest BCUT2D eigenvalue weighted by Gasteiger charge is 2.49. The van der Waals surface area contributed by atoms with Crippen LogP contribution in [-0.2, 0) is 31.2 Å². The first-order valence-corrected chi connectivity index (χ1v) is 21.7. The Bertz CT molecular complexity index is 2340. The summed E-state index contributed by atoms with van der Waals surface area (Å²) in [6, 6.07) is 14.7. The Kier molecular flexibility index (Phi) is 12.7. The fourth-order valence-corrected chi connectivity index (χ4v) is 8.82. The van der Waals surface area contributed by atoms with E-state index in [0.717, 1.165) is 58.1 Å². The van der Waals surface area contributed by atoms with Crippen LogP contribution in [0.1, 0.15) is 141 Å². The molecule has 61 heavy (non-hydrogen) atoms.